The van der Waals surface area contributed by atoms with Gasteiger partial charge in [0.05, 0.1) is 18.1 Å². The lowest BCUT2D eigenvalue weighted by Gasteiger charge is -2.10. The van der Waals surface area contributed by atoms with Crippen LogP contribution in [0.4, 0.5) is 4.79 Å². The fourth-order valence-corrected chi connectivity index (χ4v) is 3.91. The normalized spacial score (nSPS) is 21.2. The van der Waals surface area contributed by atoms with Gasteiger partial charge in [-0.3, -0.25) is 0 Å². The highest BCUT2D eigenvalue weighted by Gasteiger charge is 2.27. The molecule has 0 aromatic rings. The van der Waals surface area contributed by atoms with Crippen molar-refractivity contribution in [2.75, 3.05) is 31.3 Å². The van der Waals surface area contributed by atoms with E-state index in [-0.39, 0.29) is 24.0 Å². The first-order chi connectivity index (χ1) is 9.03. The number of aliphatic hydroxyl groups excluding tert-OH is 1. The number of alkyl carbamates (subject to hydrolysis) is 1. The Morgan fingerprint density at radius 1 is 1.26 bits per heavy atom. The summed E-state index contributed by atoms with van der Waals surface area (Å²) in [6.45, 7) is 0.925. The lowest BCUT2D eigenvalue weighted by Crippen LogP contribution is -2.30. The van der Waals surface area contributed by atoms with Gasteiger partial charge in [0, 0.05) is 13.2 Å². The lowest BCUT2D eigenvalue weighted by atomic mass is 10.1. The predicted octanol–water partition coefficient (Wildman–Crippen LogP) is 0.700. The van der Waals surface area contributed by atoms with Gasteiger partial charge in [-0.25, -0.2) is 13.2 Å². The Labute approximate surface area is 114 Å². The van der Waals surface area contributed by atoms with Crippen molar-refractivity contribution in [2.24, 2.45) is 5.92 Å². The predicted molar refractivity (Wildman–Crippen MR) is 71.7 cm³/mol. The average molecular weight is 293 g/mol. The minimum absolute atomic E-state index is 0.0158. The van der Waals surface area contributed by atoms with Crippen LogP contribution in [-0.2, 0) is 14.6 Å². The van der Waals surface area contributed by atoms with Gasteiger partial charge in [0.25, 0.3) is 0 Å². The van der Waals surface area contributed by atoms with Crippen LogP contribution in [-0.4, -0.2) is 50.9 Å². The van der Waals surface area contributed by atoms with Crippen LogP contribution >= 0.6 is 0 Å². The summed E-state index contributed by atoms with van der Waals surface area (Å²) in [6.07, 6.45) is 3.56. The maximum absolute atomic E-state index is 11.3. The Kier molecular flexibility index (Phi) is 7.15. The van der Waals surface area contributed by atoms with E-state index in [0.717, 1.165) is 25.7 Å². The van der Waals surface area contributed by atoms with Gasteiger partial charge in [-0.05, 0) is 31.6 Å². The second kappa shape index (κ2) is 8.37. The molecule has 1 fully saturated rings. The summed E-state index contributed by atoms with van der Waals surface area (Å²) in [5.41, 5.74) is 0. The van der Waals surface area contributed by atoms with Crippen LogP contribution in [0.25, 0.3) is 0 Å². The van der Waals surface area contributed by atoms with Crippen LogP contribution < -0.4 is 5.32 Å². The van der Waals surface area contributed by atoms with E-state index >= 15 is 0 Å². The second-order valence-corrected chi connectivity index (χ2v) is 7.15. The number of amides is 1. The molecular formula is C12H23NO5S. The van der Waals surface area contributed by atoms with E-state index < -0.39 is 15.9 Å². The fraction of sp³-hybridized carbons (Fsp3) is 0.917. The molecule has 7 heteroatoms. The molecule has 0 aliphatic carbocycles. The summed E-state index contributed by atoms with van der Waals surface area (Å²) < 4.78 is 27.4. The largest absolute Gasteiger partial charge is 0.450 e. The first-order valence-electron chi connectivity index (χ1n) is 6.75. The van der Waals surface area contributed by atoms with Gasteiger partial charge in [0.2, 0.25) is 0 Å². The third kappa shape index (κ3) is 7.37. The van der Waals surface area contributed by atoms with Gasteiger partial charge in [-0.1, -0.05) is 6.42 Å². The Hall–Kier alpha value is -0.820. The summed E-state index contributed by atoms with van der Waals surface area (Å²) in [4.78, 5) is 11.3. The average Bonchev–Trinajstić information content (AvgIpc) is 2.71. The van der Waals surface area contributed by atoms with Gasteiger partial charge in [-0.15, -0.1) is 0 Å². The van der Waals surface area contributed by atoms with Gasteiger partial charge < -0.3 is 15.2 Å². The van der Waals surface area contributed by atoms with Crippen molar-refractivity contribution in [3.8, 4) is 0 Å². The number of carbonyl (C=O) groups is 1. The zero-order valence-electron chi connectivity index (χ0n) is 11.1. The zero-order chi connectivity index (χ0) is 14.1. The maximum atomic E-state index is 11.3. The lowest BCUT2D eigenvalue weighted by molar-refractivity contribution is 0.142. The minimum atomic E-state index is -2.89. The molecule has 19 heavy (non-hydrogen) atoms. The fourth-order valence-electron chi connectivity index (χ4n) is 2.04. The molecule has 1 aliphatic heterocycles. The van der Waals surface area contributed by atoms with Gasteiger partial charge in [-0.2, -0.15) is 0 Å². The van der Waals surface area contributed by atoms with Crippen molar-refractivity contribution in [3.63, 3.8) is 0 Å². The molecule has 0 bridgehead atoms. The molecule has 1 amide bonds. The monoisotopic (exact) mass is 293 g/mol. The van der Waals surface area contributed by atoms with Gasteiger partial charge in [0.15, 0.2) is 9.84 Å². The molecule has 1 heterocycles. The molecule has 2 N–H and O–H groups in total. The topological polar surface area (TPSA) is 92.7 Å². The summed E-state index contributed by atoms with van der Waals surface area (Å²) in [7, 11) is -2.89. The maximum Gasteiger partial charge on any atom is 0.407 e. The molecule has 1 atom stereocenters. The van der Waals surface area contributed by atoms with E-state index in [1.165, 1.54) is 0 Å². The minimum Gasteiger partial charge on any atom is -0.450 e. The van der Waals surface area contributed by atoms with Crippen molar-refractivity contribution in [1.29, 1.82) is 0 Å². The van der Waals surface area contributed by atoms with Gasteiger partial charge >= 0.3 is 6.09 Å². The van der Waals surface area contributed by atoms with Crippen molar-refractivity contribution in [2.45, 2.75) is 32.1 Å². The molecule has 0 aromatic heterocycles. The smallest absolute Gasteiger partial charge is 0.407 e. The Morgan fingerprint density at radius 3 is 2.63 bits per heavy atom. The van der Waals surface area contributed by atoms with E-state index in [2.05, 4.69) is 5.32 Å². The van der Waals surface area contributed by atoms with Crippen molar-refractivity contribution < 1.29 is 23.1 Å². The third-order valence-electron chi connectivity index (χ3n) is 3.15. The van der Waals surface area contributed by atoms with Crippen LogP contribution in [0.1, 0.15) is 32.1 Å². The van der Waals surface area contributed by atoms with Crippen LogP contribution in [0.15, 0.2) is 0 Å². The number of ether oxygens (including phenoxy) is 1. The number of sulfone groups is 1. The number of carbonyl (C=O) groups excluding carboxylic acids is 1. The standard InChI is InChI=1S/C12H23NO5S/c14-6-3-1-2-4-7-18-12(15)13-9-11-5-8-19(16,17)10-11/h11,14H,1-10H2,(H,13,15)/t11-/m0/s1. The molecule has 0 spiro atoms. The third-order valence-corrected chi connectivity index (χ3v) is 4.98. The van der Waals surface area contributed by atoms with Crippen LogP contribution in [0, 0.1) is 5.92 Å². The quantitative estimate of drug-likeness (QED) is 0.643. The van der Waals surface area contributed by atoms with Crippen molar-refractivity contribution >= 4 is 15.9 Å². The van der Waals surface area contributed by atoms with E-state index in [9.17, 15) is 13.2 Å². The number of hydrogen-bond donors (Lipinski definition) is 2. The van der Waals surface area contributed by atoms with E-state index in [1.54, 1.807) is 0 Å². The highest BCUT2D eigenvalue weighted by molar-refractivity contribution is 7.91. The Balaban J connectivity index is 1.99. The van der Waals surface area contributed by atoms with Gasteiger partial charge in [0.1, 0.15) is 0 Å². The van der Waals surface area contributed by atoms with Crippen molar-refractivity contribution in [1.82, 2.24) is 5.32 Å². The van der Waals surface area contributed by atoms with E-state index in [0.29, 0.717) is 19.6 Å². The number of hydrogen-bond acceptors (Lipinski definition) is 5. The summed E-state index contributed by atoms with van der Waals surface area (Å²) in [6, 6.07) is 0. The number of aliphatic hydroxyl groups is 1. The SMILES string of the molecule is O=C(NC[C@@H]1CCS(=O)(=O)C1)OCCCCCCO. The second-order valence-electron chi connectivity index (χ2n) is 4.92. The van der Waals surface area contributed by atoms with Crippen molar-refractivity contribution in [3.05, 3.63) is 0 Å². The molecule has 0 unspecified atom stereocenters. The number of rotatable bonds is 8. The first kappa shape index (κ1) is 16.2. The molecule has 1 rings (SSSR count). The van der Waals surface area contributed by atoms with Crippen LogP contribution in [0.2, 0.25) is 0 Å². The van der Waals surface area contributed by atoms with Crippen LogP contribution in [0.3, 0.4) is 0 Å². The first-order valence-corrected chi connectivity index (χ1v) is 8.57. The Morgan fingerprint density at radius 2 is 2.00 bits per heavy atom. The summed E-state index contributed by atoms with van der Waals surface area (Å²) >= 11 is 0. The molecule has 0 saturated carbocycles. The molecule has 6 nitrogen and oxygen atoms in total. The highest BCUT2D eigenvalue weighted by atomic mass is 32.2. The molecular weight excluding hydrogens is 270 g/mol. The molecule has 0 aromatic carbocycles. The highest BCUT2D eigenvalue weighted by Crippen LogP contribution is 2.17. The molecule has 1 aliphatic rings. The summed E-state index contributed by atoms with van der Waals surface area (Å²) in [5, 5.41) is 11.2. The summed E-state index contributed by atoms with van der Waals surface area (Å²) in [5.74, 6) is 0.398. The van der Waals surface area contributed by atoms with E-state index in [4.69, 9.17) is 9.84 Å². The zero-order valence-corrected chi connectivity index (χ0v) is 12.0. The molecule has 1 saturated heterocycles. The molecule has 112 valence electrons. The number of nitrogens with one attached hydrogen (secondary N) is 1. The molecule has 0 radical (unpaired) electrons. The van der Waals surface area contributed by atoms with Crippen LogP contribution in [0.5, 0.6) is 0 Å². The number of unbranched alkanes of at least 4 members (excludes halogenated alkanes) is 3. The Bertz CT molecular complexity index is 368. The van der Waals surface area contributed by atoms with E-state index in [1.807, 2.05) is 0 Å².